The first-order chi connectivity index (χ1) is 18.1. The van der Waals surface area contributed by atoms with Crippen molar-refractivity contribution in [3.63, 3.8) is 0 Å². The Morgan fingerprint density at radius 2 is 1.87 bits per heavy atom. The number of carbonyl (C=O) groups excluding carboxylic acids is 1. The number of aromatic nitrogens is 3. The highest BCUT2D eigenvalue weighted by molar-refractivity contribution is 6.05. The van der Waals surface area contributed by atoms with Gasteiger partial charge in [0.1, 0.15) is 0 Å². The number of ether oxygens (including phenoxy) is 1. The third kappa shape index (κ3) is 6.27. The van der Waals surface area contributed by atoms with Gasteiger partial charge in [-0.1, -0.05) is 38.1 Å². The molecule has 10 nitrogen and oxygen atoms in total. The molecule has 1 saturated heterocycles. The highest BCUT2D eigenvalue weighted by Gasteiger charge is 2.24. The molecule has 202 valence electrons. The standard InChI is InChI=1S/C28H35N5O5/c1-19-6-7-21(16-25(19)32-18-24(27(35)36)29-30-32)26(34)33(37-5)23-15-20(14-22(17-23)28(2,3)4)8-9-31-10-12-38-13-11-31/h6-7,14-18H,8-13H2,1-5H3,(H,35,36). The molecule has 0 atom stereocenters. The van der Waals surface area contributed by atoms with Gasteiger partial charge in [0, 0.05) is 25.2 Å². The molecular weight excluding hydrogens is 486 g/mol. The second kappa shape index (κ2) is 11.4. The van der Waals surface area contributed by atoms with Crippen LogP contribution >= 0.6 is 0 Å². The Kier molecular flexibility index (Phi) is 8.25. The average molecular weight is 522 g/mol. The highest BCUT2D eigenvalue weighted by Crippen LogP contribution is 2.30. The van der Waals surface area contributed by atoms with E-state index in [9.17, 15) is 14.7 Å². The molecule has 0 unspecified atom stereocenters. The first-order valence-electron chi connectivity index (χ1n) is 12.7. The van der Waals surface area contributed by atoms with E-state index < -0.39 is 5.97 Å². The molecule has 3 aromatic rings. The second-order valence-corrected chi connectivity index (χ2v) is 10.5. The Morgan fingerprint density at radius 1 is 1.13 bits per heavy atom. The van der Waals surface area contributed by atoms with E-state index in [1.165, 1.54) is 23.1 Å². The van der Waals surface area contributed by atoms with Gasteiger partial charge in [0.2, 0.25) is 0 Å². The van der Waals surface area contributed by atoms with Crippen LogP contribution in [0.25, 0.3) is 5.69 Å². The Labute approximate surface area is 222 Å². The van der Waals surface area contributed by atoms with Gasteiger partial charge >= 0.3 is 5.97 Å². The van der Waals surface area contributed by atoms with Crippen molar-refractivity contribution < 1.29 is 24.3 Å². The molecule has 4 rings (SSSR count). The molecule has 1 aliphatic heterocycles. The van der Waals surface area contributed by atoms with Gasteiger partial charge in [-0.25, -0.2) is 9.48 Å². The number of aromatic carboxylic acids is 1. The normalized spacial score (nSPS) is 14.4. The monoisotopic (exact) mass is 521 g/mol. The van der Waals surface area contributed by atoms with Gasteiger partial charge < -0.3 is 9.84 Å². The Balaban J connectivity index is 1.65. The van der Waals surface area contributed by atoms with E-state index in [0.717, 1.165) is 56.0 Å². The zero-order chi connectivity index (χ0) is 27.4. The van der Waals surface area contributed by atoms with E-state index in [0.29, 0.717) is 16.9 Å². The number of rotatable bonds is 8. The molecule has 1 N–H and O–H groups in total. The fourth-order valence-electron chi connectivity index (χ4n) is 4.37. The minimum Gasteiger partial charge on any atom is -0.476 e. The van der Waals surface area contributed by atoms with Gasteiger partial charge in [0.25, 0.3) is 5.91 Å². The number of anilines is 1. The zero-order valence-corrected chi connectivity index (χ0v) is 22.6. The maximum atomic E-state index is 13.7. The van der Waals surface area contributed by atoms with Gasteiger partial charge in [-0.3, -0.25) is 14.5 Å². The summed E-state index contributed by atoms with van der Waals surface area (Å²) in [4.78, 5) is 33.0. The van der Waals surface area contributed by atoms with E-state index in [-0.39, 0.29) is 17.0 Å². The van der Waals surface area contributed by atoms with Gasteiger partial charge in [-0.2, -0.15) is 5.06 Å². The van der Waals surface area contributed by atoms with Crippen molar-refractivity contribution in [2.24, 2.45) is 0 Å². The van der Waals surface area contributed by atoms with E-state index in [2.05, 4.69) is 42.0 Å². The maximum absolute atomic E-state index is 13.7. The molecule has 2 heterocycles. The summed E-state index contributed by atoms with van der Waals surface area (Å²) in [6, 6.07) is 11.4. The number of nitrogens with zero attached hydrogens (tertiary/aromatic N) is 5. The first-order valence-corrected chi connectivity index (χ1v) is 12.7. The van der Waals surface area contributed by atoms with Crippen LogP contribution in [0.1, 0.15) is 58.3 Å². The maximum Gasteiger partial charge on any atom is 0.358 e. The number of aryl methyl sites for hydroxylation is 1. The smallest absolute Gasteiger partial charge is 0.358 e. The Morgan fingerprint density at radius 3 is 2.50 bits per heavy atom. The van der Waals surface area contributed by atoms with Crippen molar-refractivity contribution in [2.75, 3.05) is 45.0 Å². The van der Waals surface area contributed by atoms with Crippen LogP contribution in [0.2, 0.25) is 0 Å². The lowest BCUT2D eigenvalue weighted by Crippen LogP contribution is -2.37. The number of hydroxylamine groups is 1. The number of benzene rings is 2. The molecule has 0 aliphatic carbocycles. The number of carbonyl (C=O) groups is 2. The highest BCUT2D eigenvalue weighted by atomic mass is 16.7. The molecule has 0 radical (unpaired) electrons. The van der Waals surface area contributed by atoms with Crippen LogP contribution < -0.4 is 5.06 Å². The van der Waals surface area contributed by atoms with E-state index in [4.69, 9.17) is 9.57 Å². The largest absolute Gasteiger partial charge is 0.476 e. The predicted octanol–water partition coefficient (Wildman–Crippen LogP) is 3.65. The van der Waals surface area contributed by atoms with Crippen LogP contribution in [0, 0.1) is 6.92 Å². The van der Waals surface area contributed by atoms with E-state index >= 15 is 0 Å². The Bertz CT molecular complexity index is 1310. The van der Waals surface area contributed by atoms with Crippen molar-refractivity contribution in [1.82, 2.24) is 19.9 Å². The van der Waals surface area contributed by atoms with Crippen LogP contribution in [-0.2, 0) is 21.4 Å². The summed E-state index contributed by atoms with van der Waals surface area (Å²) in [6.07, 6.45) is 2.16. The lowest BCUT2D eigenvalue weighted by atomic mass is 9.85. The third-order valence-corrected chi connectivity index (χ3v) is 6.68. The molecule has 1 aliphatic rings. The lowest BCUT2D eigenvalue weighted by molar-refractivity contribution is 0.0384. The quantitative estimate of drug-likeness (QED) is 0.448. The summed E-state index contributed by atoms with van der Waals surface area (Å²) in [5, 5.41) is 18.1. The van der Waals surface area contributed by atoms with Crippen molar-refractivity contribution >= 4 is 17.6 Å². The van der Waals surface area contributed by atoms with Crippen molar-refractivity contribution in [1.29, 1.82) is 0 Å². The van der Waals surface area contributed by atoms with Crippen molar-refractivity contribution in [3.05, 3.63) is 70.5 Å². The summed E-state index contributed by atoms with van der Waals surface area (Å²) in [6.45, 7) is 12.6. The summed E-state index contributed by atoms with van der Waals surface area (Å²) < 4.78 is 6.83. The van der Waals surface area contributed by atoms with Crippen LogP contribution in [0.5, 0.6) is 0 Å². The summed E-state index contributed by atoms with van der Waals surface area (Å²) >= 11 is 0. The van der Waals surface area contributed by atoms with Crippen LogP contribution in [0.3, 0.4) is 0 Å². The van der Waals surface area contributed by atoms with Gasteiger partial charge in [0.15, 0.2) is 5.69 Å². The number of carboxylic acid groups (broad SMARTS) is 1. The molecule has 1 fully saturated rings. The van der Waals surface area contributed by atoms with Gasteiger partial charge in [0.05, 0.1) is 37.9 Å². The van der Waals surface area contributed by atoms with E-state index in [1.807, 2.05) is 19.1 Å². The van der Waals surface area contributed by atoms with Crippen molar-refractivity contribution in [3.8, 4) is 5.69 Å². The molecule has 1 amide bonds. The number of amides is 1. The zero-order valence-electron chi connectivity index (χ0n) is 22.6. The first kappa shape index (κ1) is 27.4. The number of hydrogen-bond donors (Lipinski definition) is 1. The third-order valence-electron chi connectivity index (χ3n) is 6.68. The number of carboxylic acids is 1. The van der Waals surface area contributed by atoms with Gasteiger partial charge in [-0.15, -0.1) is 5.10 Å². The number of hydrogen-bond acceptors (Lipinski definition) is 7. The molecule has 0 spiro atoms. The topological polar surface area (TPSA) is 110 Å². The van der Waals surface area contributed by atoms with Crippen LogP contribution in [-0.4, -0.2) is 76.8 Å². The fourth-order valence-corrected chi connectivity index (χ4v) is 4.37. The van der Waals surface area contributed by atoms with E-state index in [1.54, 1.807) is 18.2 Å². The molecule has 38 heavy (non-hydrogen) atoms. The fraction of sp³-hybridized carbons (Fsp3) is 0.429. The van der Waals surface area contributed by atoms with Gasteiger partial charge in [-0.05, 0) is 59.7 Å². The molecule has 0 saturated carbocycles. The molecule has 1 aromatic heterocycles. The summed E-state index contributed by atoms with van der Waals surface area (Å²) in [5.74, 6) is -1.52. The molecule has 0 bridgehead atoms. The minimum atomic E-state index is -1.17. The summed E-state index contributed by atoms with van der Waals surface area (Å²) in [7, 11) is 1.47. The Hall–Kier alpha value is -3.60. The molecular formula is C28H35N5O5. The summed E-state index contributed by atoms with van der Waals surface area (Å²) in [5.41, 5.74) is 4.32. The lowest BCUT2D eigenvalue weighted by Gasteiger charge is -2.28. The van der Waals surface area contributed by atoms with Crippen LogP contribution in [0.4, 0.5) is 5.69 Å². The van der Waals surface area contributed by atoms with Crippen LogP contribution in [0.15, 0.2) is 42.6 Å². The second-order valence-electron chi connectivity index (χ2n) is 10.5. The number of morpholine rings is 1. The average Bonchev–Trinajstić information content (AvgIpc) is 3.39. The molecule has 2 aromatic carbocycles. The molecule has 10 heteroatoms. The minimum absolute atomic E-state index is 0.127. The SMILES string of the molecule is CON(C(=O)c1ccc(C)c(-n2cc(C(=O)O)nn2)c1)c1cc(CCN2CCOCC2)cc(C(C)(C)C)c1. The van der Waals surface area contributed by atoms with Crippen molar-refractivity contribution in [2.45, 2.75) is 39.5 Å². The predicted molar refractivity (Wildman–Crippen MR) is 143 cm³/mol.